The predicted octanol–water partition coefficient (Wildman–Crippen LogP) is 1.25. The Morgan fingerprint density at radius 3 is 2.41 bits per heavy atom. The third-order valence-corrected chi connectivity index (χ3v) is 5.49. The van der Waals surface area contributed by atoms with Gasteiger partial charge < -0.3 is 14.8 Å². The van der Waals surface area contributed by atoms with Crippen LogP contribution >= 0.6 is 12.4 Å². The molecule has 1 atom stereocenters. The van der Waals surface area contributed by atoms with E-state index >= 15 is 0 Å². The number of hydrogen-bond donors (Lipinski definition) is 1. The summed E-state index contributed by atoms with van der Waals surface area (Å²) < 4.78 is 50.8. The summed E-state index contributed by atoms with van der Waals surface area (Å²) >= 11 is 0. The highest BCUT2D eigenvalue weighted by Gasteiger charge is 2.33. The highest BCUT2D eigenvalue weighted by atomic mass is 35.5. The van der Waals surface area contributed by atoms with Gasteiger partial charge in [0.25, 0.3) is 0 Å². The Hall–Kier alpha value is -1.09. The van der Waals surface area contributed by atoms with Gasteiger partial charge in [-0.2, -0.15) is 4.31 Å². The van der Waals surface area contributed by atoms with E-state index in [1.165, 1.54) is 18.5 Å². The molecule has 1 saturated heterocycles. The molecule has 1 N–H and O–H groups in total. The fourth-order valence-electron chi connectivity index (χ4n) is 2.34. The molecule has 2 rings (SSSR count). The van der Waals surface area contributed by atoms with Gasteiger partial charge in [0.05, 0.1) is 14.2 Å². The van der Waals surface area contributed by atoms with E-state index in [9.17, 15) is 12.8 Å². The Balaban J connectivity index is 0.00000242. The van der Waals surface area contributed by atoms with Crippen LogP contribution < -0.4 is 14.8 Å². The molecule has 0 saturated carbocycles. The van der Waals surface area contributed by atoms with E-state index in [0.29, 0.717) is 19.6 Å². The van der Waals surface area contributed by atoms with E-state index < -0.39 is 20.7 Å². The minimum atomic E-state index is -3.92. The Kier molecular flexibility index (Phi) is 6.42. The molecule has 22 heavy (non-hydrogen) atoms. The second-order valence-corrected chi connectivity index (χ2v) is 6.67. The molecule has 0 radical (unpaired) electrons. The molecular weight excluding hydrogens is 335 g/mol. The first-order valence-electron chi connectivity index (χ1n) is 6.56. The van der Waals surface area contributed by atoms with Crippen LogP contribution in [0.2, 0.25) is 0 Å². The van der Waals surface area contributed by atoms with Gasteiger partial charge in [-0.05, 0) is 6.92 Å². The summed E-state index contributed by atoms with van der Waals surface area (Å²) in [4.78, 5) is -0.395. The van der Waals surface area contributed by atoms with Crippen molar-refractivity contribution in [2.24, 2.45) is 0 Å². The largest absolute Gasteiger partial charge is 0.493 e. The van der Waals surface area contributed by atoms with Gasteiger partial charge in [0, 0.05) is 37.8 Å². The topological polar surface area (TPSA) is 67.9 Å². The van der Waals surface area contributed by atoms with Gasteiger partial charge in [-0.1, -0.05) is 0 Å². The van der Waals surface area contributed by atoms with Crippen molar-refractivity contribution in [3.8, 4) is 11.5 Å². The standard InChI is InChI=1S/C13H19FN2O4S.ClH/c1-9-8-15-4-5-16(9)21(17,18)13-7-12(20-3)11(19-2)6-10(13)14;/h6-7,9,15H,4-5,8H2,1-3H3;1H. The Morgan fingerprint density at radius 1 is 1.27 bits per heavy atom. The SMILES string of the molecule is COc1cc(F)c(S(=O)(=O)N2CCNCC2C)cc1OC.Cl. The average Bonchev–Trinajstić information content (AvgIpc) is 2.46. The minimum Gasteiger partial charge on any atom is -0.493 e. The van der Waals surface area contributed by atoms with Crippen molar-refractivity contribution in [2.45, 2.75) is 17.9 Å². The lowest BCUT2D eigenvalue weighted by Gasteiger charge is -2.33. The van der Waals surface area contributed by atoms with Crippen molar-refractivity contribution in [3.05, 3.63) is 17.9 Å². The summed E-state index contributed by atoms with van der Waals surface area (Å²) in [7, 11) is -1.18. The van der Waals surface area contributed by atoms with Crippen molar-refractivity contribution >= 4 is 22.4 Å². The number of nitrogens with zero attached hydrogens (tertiary/aromatic N) is 1. The van der Waals surface area contributed by atoms with Crippen LogP contribution in [-0.2, 0) is 10.0 Å². The molecule has 9 heteroatoms. The van der Waals surface area contributed by atoms with Crippen LogP contribution in [0.1, 0.15) is 6.92 Å². The number of benzene rings is 1. The van der Waals surface area contributed by atoms with E-state index in [2.05, 4.69) is 5.32 Å². The fraction of sp³-hybridized carbons (Fsp3) is 0.538. The van der Waals surface area contributed by atoms with Crippen LogP contribution in [0.3, 0.4) is 0 Å². The molecule has 1 aliphatic heterocycles. The van der Waals surface area contributed by atoms with Crippen LogP contribution in [-0.4, -0.2) is 52.6 Å². The average molecular weight is 355 g/mol. The number of ether oxygens (including phenoxy) is 2. The molecule has 0 amide bonds. The third kappa shape index (κ3) is 3.45. The number of hydrogen-bond acceptors (Lipinski definition) is 5. The first-order chi connectivity index (χ1) is 9.91. The maximum Gasteiger partial charge on any atom is 0.246 e. The van der Waals surface area contributed by atoms with Crippen LogP contribution in [0.15, 0.2) is 17.0 Å². The van der Waals surface area contributed by atoms with E-state index in [0.717, 1.165) is 12.1 Å². The molecule has 1 aromatic rings. The van der Waals surface area contributed by atoms with E-state index in [1.54, 1.807) is 6.92 Å². The normalized spacial score (nSPS) is 19.4. The van der Waals surface area contributed by atoms with Gasteiger partial charge in [-0.3, -0.25) is 0 Å². The molecular formula is C13H20ClFN2O4S. The zero-order valence-electron chi connectivity index (χ0n) is 12.6. The minimum absolute atomic E-state index is 0. The number of methoxy groups -OCH3 is 2. The molecule has 1 unspecified atom stereocenters. The Bertz CT molecular complexity index is 627. The smallest absolute Gasteiger partial charge is 0.246 e. The van der Waals surface area contributed by atoms with Crippen molar-refractivity contribution < 1.29 is 22.3 Å². The summed E-state index contributed by atoms with van der Waals surface area (Å²) in [6.45, 7) is 3.16. The van der Waals surface area contributed by atoms with Crippen molar-refractivity contribution in [1.82, 2.24) is 9.62 Å². The fourth-order valence-corrected chi connectivity index (χ4v) is 4.03. The van der Waals surface area contributed by atoms with Crippen molar-refractivity contribution in [3.63, 3.8) is 0 Å². The summed E-state index contributed by atoms with van der Waals surface area (Å²) in [6.07, 6.45) is 0. The first kappa shape index (κ1) is 19.0. The van der Waals surface area contributed by atoms with Crippen LogP contribution in [0.5, 0.6) is 11.5 Å². The van der Waals surface area contributed by atoms with E-state index in [-0.39, 0.29) is 29.9 Å². The first-order valence-corrected chi connectivity index (χ1v) is 8.00. The molecule has 1 heterocycles. The van der Waals surface area contributed by atoms with Crippen molar-refractivity contribution in [2.75, 3.05) is 33.9 Å². The second-order valence-electron chi connectivity index (χ2n) is 4.81. The Morgan fingerprint density at radius 2 is 1.86 bits per heavy atom. The lowest BCUT2D eigenvalue weighted by molar-refractivity contribution is 0.282. The second kappa shape index (κ2) is 7.45. The van der Waals surface area contributed by atoms with Gasteiger partial charge in [-0.25, -0.2) is 12.8 Å². The number of nitrogens with one attached hydrogen (secondary N) is 1. The molecule has 1 aliphatic rings. The van der Waals surface area contributed by atoms with E-state index in [4.69, 9.17) is 9.47 Å². The summed E-state index contributed by atoms with van der Waals surface area (Å²) in [5.74, 6) is -0.513. The van der Waals surface area contributed by atoms with Gasteiger partial charge in [0.1, 0.15) is 10.7 Å². The number of rotatable bonds is 4. The van der Waals surface area contributed by atoms with Crippen LogP contribution in [0.4, 0.5) is 4.39 Å². The lowest BCUT2D eigenvalue weighted by atomic mass is 10.3. The predicted molar refractivity (Wildman–Crippen MR) is 83.0 cm³/mol. The summed E-state index contributed by atoms with van der Waals surface area (Å²) in [5.41, 5.74) is 0. The maximum absolute atomic E-state index is 14.2. The monoisotopic (exact) mass is 354 g/mol. The highest BCUT2D eigenvalue weighted by Crippen LogP contribution is 2.33. The molecule has 0 aliphatic carbocycles. The lowest BCUT2D eigenvalue weighted by Crippen LogP contribution is -2.52. The van der Waals surface area contributed by atoms with Gasteiger partial charge >= 0.3 is 0 Å². The van der Waals surface area contributed by atoms with Gasteiger partial charge in [0.2, 0.25) is 10.0 Å². The zero-order valence-corrected chi connectivity index (χ0v) is 14.3. The van der Waals surface area contributed by atoms with Crippen LogP contribution in [0, 0.1) is 5.82 Å². The van der Waals surface area contributed by atoms with E-state index in [1.807, 2.05) is 0 Å². The zero-order chi connectivity index (χ0) is 15.6. The molecule has 0 spiro atoms. The number of sulfonamides is 1. The molecule has 0 bridgehead atoms. The molecule has 6 nitrogen and oxygen atoms in total. The number of halogens is 2. The molecule has 126 valence electrons. The number of piperazine rings is 1. The van der Waals surface area contributed by atoms with Crippen molar-refractivity contribution in [1.29, 1.82) is 0 Å². The van der Waals surface area contributed by atoms with Gasteiger partial charge in [-0.15, -0.1) is 12.4 Å². The van der Waals surface area contributed by atoms with Gasteiger partial charge in [0.15, 0.2) is 11.5 Å². The van der Waals surface area contributed by atoms with Crippen LogP contribution in [0.25, 0.3) is 0 Å². The summed E-state index contributed by atoms with van der Waals surface area (Å²) in [5, 5.41) is 3.10. The Labute approximate surface area is 136 Å². The quantitative estimate of drug-likeness (QED) is 0.881. The summed E-state index contributed by atoms with van der Waals surface area (Å²) in [6, 6.07) is 1.95. The third-order valence-electron chi connectivity index (χ3n) is 3.47. The maximum atomic E-state index is 14.2. The molecule has 1 fully saturated rings. The molecule has 1 aromatic carbocycles. The highest BCUT2D eigenvalue weighted by molar-refractivity contribution is 7.89. The molecule has 0 aromatic heterocycles.